The molecule has 0 aliphatic rings. The summed E-state index contributed by atoms with van der Waals surface area (Å²) < 4.78 is 0. The maximum atomic E-state index is 3.94. The summed E-state index contributed by atoms with van der Waals surface area (Å²) in [6.07, 6.45) is 0. The van der Waals surface area contributed by atoms with Gasteiger partial charge in [0.25, 0.3) is 0 Å². The molecule has 2 aromatic rings. The van der Waals surface area contributed by atoms with Gasteiger partial charge in [-0.25, -0.2) is 0 Å². The van der Waals surface area contributed by atoms with Gasteiger partial charge in [0.1, 0.15) is 0 Å². The van der Waals surface area contributed by atoms with Crippen molar-refractivity contribution in [3.63, 3.8) is 0 Å². The molecule has 0 radical (unpaired) electrons. The zero-order chi connectivity index (χ0) is 21.0. The topological polar surface area (TPSA) is 15.8 Å². The van der Waals surface area contributed by atoms with Crippen molar-refractivity contribution in [3.05, 3.63) is 35.0 Å². The molecular formula is C26H41N. The molecule has 0 bridgehead atoms. The van der Waals surface area contributed by atoms with E-state index in [9.17, 15) is 0 Å². The third kappa shape index (κ3) is 4.33. The first-order valence-corrected chi connectivity index (χ1v) is 10.3. The first kappa shape index (κ1) is 21.8. The van der Waals surface area contributed by atoms with E-state index in [4.69, 9.17) is 0 Å². The van der Waals surface area contributed by atoms with Crippen molar-refractivity contribution in [1.29, 1.82) is 0 Å². The van der Waals surface area contributed by atoms with E-state index in [1.807, 2.05) is 0 Å². The first-order valence-electron chi connectivity index (χ1n) is 10.3. The highest BCUT2D eigenvalue weighted by atomic mass is 14.7. The van der Waals surface area contributed by atoms with E-state index in [1.165, 1.54) is 32.6 Å². The van der Waals surface area contributed by atoms with E-state index in [0.717, 1.165) is 0 Å². The predicted octanol–water partition coefficient (Wildman–Crippen LogP) is 6.65. The molecule has 1 nitrogen and oxygen atoms in total. The lowest BCUT2D eigenvalue weighted by atomic mass is 9.71. The second-order valence-electron chi connectivity index (χ2n) is 12.2. The van der Waals surface area contributed by atoms with Gasteiger partial charge in [0, 0.05) is 21.5 Å². The van der Waals surface area contributed by atoms with Crippen LogP contribution in [0.3, 0.4) is 0 Å². The fraction of sp³-hybridized carbons (Fsp3) is 0.615. The molecule has 1 heterocycles. The fourth-order valence-corrected chi connectivity index (χ4v) is 5.32. The van der Waals surface area contributed by atoms with Crippen LogP contribution < -0.4 is 10.7 Å². The van der Waals surface area contributed by atoms with Crippen molar-refractivity contribution in [1.82, 2.24) is 4.98 Å². The SMILES string of the molecule is CC(C)(C)C(=c1[nH]c(=C(C(C)(C)C)C(C)(C)C)c2ccccc12)C(C)(C)C. The minimum Gasteiger partial charge on any atom is -0.355 e. The Morgan fingerprint density at radius 1 is 0.519 bits per heavy atom. The van der Waals surface area contributed by atoms with Gasteiger partial charge in [-0.15, -0.1) is 0 Å². The molecule has 0 aliphatic heterocycles. The Morgan fingerprint density at radius 2 is 0.778 bits per heavy atom. The second-order valence-corrected chi connectivity index (χ2v) is 12.2. The molecule has 27 heavy (non-hydrogen) atoms. The van der Waals surface area contributed by atoms with Gasteiger partial charge in [0.15, 0.2) is 0 Å². The quantitative estimate of drug-likeness (QED) is 0.536. The van der Waals surface area contributed by atoms with Gasteiger partial charge in [0.05, 0.1) is 0 Å². The van der Waals surface area contributed by atoms with Crippen molar-refractivity contribution < 1.29 is 0 Å². The summed E-state index contributed by atoms with van der Waals surface area (Å²) in [6, 6.07) is 8.90. The number of fused-ring (bicyclic) bond motifs is 1. The Bertz CT molecular complexity index is 829. The molecule has 0 spiro atoms. The van der Waals surface area contributed by atoms with E-state index in [-0.39, 0.29) is 21.7 Å². The molecule has 2 rings (SSSR count). The predicted molar refractivity (Wildman–Crippen MR) is 122 cm³/mol. The normalized spacial score (nSPS) is 13.9. The molecule has 0 aliphatic carbocycles. The molecule has 0 saturated heterocycles. The largest absolute Gasteiger partial charge is 0.355 e. The minimum atomic E-state index is 0.0901. The molecule has 150 valence electrons. The number of rotatable bonds is 0. The third-order valence-corrected chi connectivity index (χ3v) is 5.22. The first-order chi connectivity index (χ1) is 12.0. The average molecular weight is 368 g/mol. The minimum absolute atomic E-state index is 0.0901. The van der Waals surface area contributed by atoms with Crippen LogP contribution >= 0.6 is 0 Å². The molecule has 1 N–H and O–H groups in total. The van der Waals surface area contributed by atoms with Gasteiger partial charge in [0.2, 0.25) is 0 Å². The Morgan fingerprint density at radius 3 is 1.00 bits per heavy atom. The van der Waals surface area contributed by atoms with Crippen molar-refractivity contribution in [2.45, 2.75) is 83.1 Å². The lowest BCUT2D eigenvalue weighted by molar-refractivity contribution is 0.432. The molecule has 0 fully saturated rings. The van der Waals surface area contributed by atoms with Crippen molar-refractivity contribution in [3.8, 4) is 0 Å². The monoisotopic (exact) mass is 367 g/mol. The van der Waals surface area contributed by atoms with Gasteiger partial charge < -0.3 is 4.98 Å². The number of hydrogen-bond acceptors (Lipinski definition) is 0. The number of aromatic amines is 1. The smallest absolute Gasteiger partial charge is 0.0467 e. The lowest BCUT2D eigenvalue weighted by Crippen LogP contribution is -2.32. The zero-order valence-corrected chi connectivity index (χ0v) is 19.8. The molecule has 0 amide bonds. The van der Waals surface area contributed by atoms with Gasteiger partial charge >= 0.3 is 0 Å². The summed E-state index contributed by atoms with van der Waals surface area (Å²) in [7, 11) is 0. The summed E-state index contributed by atoms with van der Waals surface area (Å²) in [5.74, 6) is 0. The number of aromatic nitrogens is 1. The number of H-pyrrole nitrogens is 1. The highest BCUT2D eigenvalue weighted by molar-refractivity contribution is 5.87. The van der Waals surface area contributed by atoms with Crippen molar-refractivity contribution >= 4 is 21.9 Å². The van der Waals surface area contributed by atoms with Gasteiger partial charge in [-0.3, -0.25) is 0 Å². The standard InChI is InChI=1S/C26H41N/c1-23(2,3)21(24(4,5)6)19-17-15-13-14-16-18(17)20(27-19)22(25(7,8)9)26(10,11)12/h13-16,27H,1-12H3. The van der Waals surface area contributed by atoms with Crippen LogP contribution in [0.2, 0.25) is 0 Å². The van der Waals surface area contributed by atoms with E-state index in [1.54, 1.807) is 0 Å². The summed E-state index contributed by atoms with van der Waals surface area (Å²) in [5.41, 5.74) is 3.33. The molecule has 0 unspecified atom stereocenters. The Kier molecular flexibility index (Phi) is 5.28. The van der Waals surface area contributed by atoms with Crippen LogP contribution in [-0.2, 0) is 0 Å². The maximum Gasteiger partial charge on any atom is 0.0467 e. The van der Waals surface area contributed by atoms with E-state index >= 15 is 0 Å². The Labute approximate surface area is 167 Å². The third-order valence-electron chi connectivity index (χ3n) is 5.22. The zero-order valence-electron chi connectivity index (χ0n) is 19.8. The van der Waals surface area contributed by atoms with E-state index in [0.29, 0.717) is 0 Å². The summed E-state index contributed by atoms with van der Waals surface area (Å²) >= 11 is 0. The summed E-state index contributed by atoms with van der Waals surface area (Å²) in [5, 5.41) is 5.31. The molecule has 1 aromatic heterocycles. The van der Waals surface area contributed by atoms with E-state index < -0.39 is 0 Å². The molecular weight excluding hydrogens is 326 g/mol. The van der Waals surface area contributed by atoms with Crippen molar-refractivity contribution in [2.75, 3.05) is 0 Å². The van der Waals surface area contributed by atoms with Crippen LogP contribution in [0.15, 0.2) is 24.3 Å². The highest BCUT2D eigenvalue weighted by Gasteiger charge is 2.32. The summed E-state index contributed by atoms with van der Waals surface area (Å²) in [6.45, 7) is 28.0. The maximum absolute atomic E-state index is 3.94. The Hall–Kier alpha value is -1.50. The van der Waals surface area contributed by atoms with Crippen LogP contribution in [0.5, 0.6) is 0 Å². The molecule has 1 aromatic carbocycles. The fourth-order valence-electron chi connectivity index (χ4n) is 5.32. The van der Waals surface area contributed by atoms with Gasteiger partial charge in [-0.1, -0.05) is 107 Å². The van der Waals surface area contributed by atoms with Gasteiger partial charge in [-0.05, 0) is 32.8 Å². The van der Waals surface area contributed by atoms with Crippen LogP contribution in [-0.4, -0.2) is 4.98 Å². The lowest BCUT2D eigenvalue weighted by Gasteiger charge is -2.34. The molecule has 0 atom stereocenters. The number of benzene rings is 1. The average Bonchev–Trinajstić information content (AvgIpc) is 2.71. The van der Waals surface area contributed by atoms with E-state index in [2.05, 4.69) is 112 Å². The van der Waals surface area contributed by atoms with Crippen LogP contribution in [0.1, 0.15) is 83.1 Å². The van der Waals surface area contributed by atoms with Crippen molar-refractivity contribution in [2.24, 2.45) is 21.7 Å². The summed E-state index contributed by atoms with van der Waals surface area (Å²) in [4.78, 5) is 3.94. The Balaban J connectivity index is 3.29. The van der Waals surface area contributed by atoms with Crippen LogP contribution in [0, 0.1) is 21.7 Å². The van der Waals surface area contributed by atoms with Crippen LogP contribution in [0.4, 0.5) is 0 Å². The van der Waals surface area contributed by atoms with Crippen LogP contribution in [0.25, 0.3) is 21.9 Å². The molecule has 0 saturated carbocycles. The number of hydrogen-bond donors (Lipinski definition) is 1. The second kappa shape index (κ2) is 6.54. The highest BCUT2D eigenvalue weighted by Crippen LogP contribution is 2.41. The molecule has 1 heteroatoms. The number of nitrogens with one attached hydrogen (secondary N) is 1. The van der Waals surface area contributed by atoms with Gasteiger partial charge in [-0.2, -0.15) is 0 Å².